The minimum absolute atomic E-state index is 0.175. The van der Waals surface area contributed by atoms with E-state index in [4.69, 9.17) is 4.74 Å². The second kappa shape index (κ2) is 5.84. The molecule has 0 saturated carbocycles. The Morgan fingerprint density at radius 2 is 2.31 bits per heavy atom. The molecule has 0 aromatic carbocycles. The van der Waals surface area contributed by atoms with Gasteiger partial charge in [0, 0.05) is 13.6 Å². The Bertz CT molecular complexity index is 350. The van der Waals surface area contributed by atoms with Crippen molar-refractivity contribution in [1.82, 2.24) is 20.3 Å². The third-order valence-electron chi connectivity index (χ3n) is 1.94. The van der Waals surface area contributed by atoms with Gasteiger partial charge in [-0.2, -0.15) is 15.4 Å². The summed E-state index contributed by atoms with van der Waals surface area (Å²) in [5.41, 5.74) is 0.228. The fraction of sp³-hybridized carbons (Fsp3) is 0.556. The maximum absolute atomic E-state index is 11.6. The number of rotatable bonds is 5. The molecule has 7 nitrogen and oxygen atoms in total. The van der Waals surface area contributed by atoms with Gasteiger partial charge in [-0.1, -0.05) is 0 Å². The van der Waals surface area contributed by atoms with E-state index < -0.39 is 0 Å². The molecule has 0 unspecified atom stereocenters. The Morgan fingerprint density at radius 1 is 1.56 bits per heavy atom. The van der Waals surface area contributed by atoms with Gasteiger partial charge in [-0.3, -0.25) is 9.59 Å². The van der Waals surface area contributed by atoms with Crippen LogP contribution in [0.3, 0.4) is 0 Å². The van der Waals surface area contributed by atoms with Crippen LogP contribution in [0.2, 0.25) is 0 Å². The zero-order chi connectivity index (χ0) is 12.0. The first-order chi connectivity index (χ1) is 7.65. The van der Waals surface area contributed by atoms with Crippen molar-refractivity contribution in [2.45, 2.75) is 13.3 Å². The van der Waals surface area contributed by atoms with Gasteiger partial charge >= 0.3 is 5.97 Å². The third kappa shape index (κ3) is 3.34. The van der Waals surface area contributed by atoms with E-state index in [0.717, 1.165) is 0 Å². The highest BCUT2D eigenvalue weighted by Gasteiger charge is 2.15. The fourth-order valence-electron chi connectivity index (χ4n) is 1.09. The molecule has 0 aliphatic carbocycles. The number of hydrogen-bond donors (Lipinski definition) is 1. The summed E-state index contributed by atoms with van der Waals surface area (Å²) in [4.78, 5) is 24.1. The molecule has 0 aliphatic rings. The van der Waals surface area contributed by atoms with Crippen molar-refractivity contribution in [3.8, 4) is 0 Å². The molecule has 1 rings (SSSR count). The second-order valence-corrected chi connectivity index (χ2v) is 3.14. The molecule has 0 fully saturated rings. The van der Waals surface area contributed by atoms with Gasteiger partial charge in [0.2, 0.25) is 0 Å². The van der Waals surface area contributed by atoms with Crippen molar-refractivity contribution in [2.24, 2.45) is 0 Å². The first-order valence-corrected chi connectivity index (χ1v) is 4.92. The monoisotopic (exact) mass is 226 g/mol. The second-order valence-electron chi connectivity index (χ2n) is 3.14. The van der Waals surface area contributed by atoms with Crippen LogP contribution in [0.5, 0.6) is 0 Å². The highest BCUT2D eigenvalue weighted by atomic mass is 16.5. The van der Waals surface area contributed by atoms with Crippen molar-refractivity contribution in [1.29, 1.82) is 0 Å². The van der Waals surface area contributed by atoms with Gasteiger partial charge in [0.15, 0.2) is 5.69 Å². The van der Waals surface area contributed by atoms with Crippen LogP contribution in [0, 0.1) is 0 Å². The zero-order valence-electron chi connectivity index (χ0n) is 9.27. The van der Waals surface area contributed by atoms with Crippen molar-refractivity contribution in [3.05, 3.63) is 11.9 Å². The van der Waals surface area contributed by atoms with E-state index in [0.29, 0.717) is 13.2 Å². The van der Waals surface area contributed by atoms with E-state index in [1.807, 2.05) is 0 Å². The highest BCUT2D eigenvalue weighted by Crippen LogP contribution is 1.98. The molecule has 1 heterocycles. The normalized spacial score (nSPS) is 9.88. The summed E-state index contributed by atoms with van der Waals surface area (Å²) in [5, 5.41) is 9.54. The number of aromatic amines is 1. The summed E-state index contributed by atoms with van der Waals surface area (Å²) in [6.45, 7) is 2.38. The third-order valence-corrected chi connectivity index (χ3v) is 1.94. The first-order valence-electron chi connectivity index (χ1n) is 4.92. The maximum Gasteiger partial charge on any atom is 0.307 e. The first kappa shape index (κ1) is 12.2. The van der Waals surface area contributed by atoms with Crippen LogP contribution < -0.4 is 0 Å². The number of H-pyrrole nitrogens is 1. The number of nitrogens with one attached hydrogen (secondary N) is 1. The quantitative estimate of drug-likeness (QED) is 0.704. The molecular weight excluding hydrogens is 212 g/mol. The number of carbonyl (C=O) groups excluding carboxylic acids is 2. The summed E-state index contributed by atoms with van der Waals surface area (Å²) in [6, 6.07) is 0. The molecule has 0 saturated heterocycles. The molecule has 88 valence electrons. The van der Waals surface area contributed by atoms with Gasteiger partial charge in [-0.05, 0) is 6.92 Å². The van der Waals surface area contributed by atoms with Gasteiger partial charge < -0.3 is 9.64 Å². The topological polar surface area (TPSA) is 88.2 Å². The number of aromatic nitrogens is 3. The lowest BCUT2D eigenvalue weighted by Gasteiger charge is -2.14. The molecule has 1 N–H and O–H groups in total. The fourth-order valence-corrected chi connectivity index (χ4v) is 1.09. The van der Waals surface area contributed by atoms with Crippen LogP contribution in [0.1, 0.15) is 23.8 Å². The molecule has 0 aliphatic heterocycles. The Balaban J connectivity index is 2.38. The van der Waals surface area contributed by atoms with Crippen molar-refractivity contribution >= 4 is 11.9 Å². The molecule has 0 bridgehead atoms. The van der Waals surface area contributed by atoms with E-state index in [1.54, 1.807) is 14.0 Å². The maximum atomic E-state index is 11.6. The van der Waals surface area contributed by atoms with E-state index in [2.05, 4.69) is 15.4 Å². The molecule has 1 amide bonds. The van der Waals surface area contributed by atoms with Gasteiger partial charge in [0.1, 0.15) is 0 Å². The number of hydrogen-bond acceptors (Lipinski definition) is 5. The van der Waals surface area contributed by atoms with Gasteiger partial charge in [-0.25, -0.2) is 0 Å². The molecule has 0 atom stereocenters. The van der Waals surface area contributed by atoms with Crippen LogP contribution >= 0.6 is 0 Å². The van der Waals surface area contributed by atoms with E-state index in [-0.39, 0.29) is 24.0 Å². The summed E-state index contributed by atoms with van der Waals surface area (Å²) >= 11 is 0. The molecule has 0 radical (unpaired) electrons. The lowest BCUT2D eigenvalue weighted by atomic mass is 10.3. The molecule has 7 heteroatoms. The molecule has 1 aromatic heterocycles. The van der Waals surface area contributed by atoms with Gasteiger partial charge in [-0.15, -0.1) is 0 Å². The lowest BCUT2D eigenvalue weighted by Crippen LogP contribution is -2.29. The van der Waals surface area contributed by atoms with Crippen LogP contribution in [0.15, 0.2) is 6.20 Å². The number of esters is 1. The lowest BCUT2D eigenvalue weighted by molar-refractivity contribution is -0.143. The Morgan fingerprint density at radius 3 is 2.88 bits per heavy atom. The van der Waals surface area contributed by atoms with Gasteiger partial charge in [0.05, 0.1) is 19.2 Å². The van der Waals surface area contributed by atoms with Crippen LogP contribution in [0.4, 0.5) is 0 Å². The molecular formula is C9H14N4O3. The van der Waals surface area contributed by atoms with Crippen molar-refractivity contribution < 1.29 is 14.3 Å². The molecule has 16 heavy (non-hydrogen) atoms. The number of nitrogens with zero attached hydrogens (tertiary/aromatic N) is 3. The predicted octanol–water partition coefficient (Wildman–Crippen LogP) is -0.170. The summed E-state index contributed by atoms with van der Waals surface area (Å²) < 4.78 is 4.75. The minimum Gasteiger partial charge on any atom is -0.466 e. The summed E-state index contributed by atoms with van der Waals surface area (Å²) in [7, 11) is 1.59. The minimum atomic E-state index is -0.317. The van der Waals surface area contributed by atoms with Crippen LogP contribution in [0.25, 0.3) is 0 Å². The zero-order valence-corrected chi connectivity index (χ0v) is 9.27. The van der Waals surface area contributed by atoms with Gasteiger partial charge in [0.25, 0.3) is 5.91 Å². The Labute approximate surface area is 92.8 Å². The Hall–Kier alpha value is -1.92. The predicted molar refractivity (Wildman–Crippen MR) is 54.6 cm³/mol. The Kier molecular flexibility index (Phi) is 4.43. The molecule has 1 aromatic rings. The summed E-state index contributed by atoms with van der Waals surface area (Å²) in [5.74, 6) is -0.597. The van der Waals surface area contributed by atoms with Crippen molar-refractivity contribution in [2.75, 3.05) is 20.2 Å². The number of amides is 1. The smallest absolute Gasteiger partial charge is 0.307 e. The average Bonchev–Trinajstić information content (AvgIpc) is 2.78. The van der Waals surface area contributed by atoms with Crippen molar-refractivity contribution in [3.63, 3.8) is 0 Å². The van der Waals surface area contributed by atoms with E-state index in [1.165, 1.54) is 11.1 Å². The standard InChI is InChI=1S/C9H14N4O3/c1-3-16-8(14)4-5-13(2)9(15)7-6-10-12-11-7/h6H,3-5H2,1-2H3,(H,10,11,12). The highest BCUT2D eigenvalue weighted by molar-refractivity contribution is 5.91. The van der Waals surface area contributed by atoms with Crippen LogP contribution in [-0.4, -0.2) is 52.4 Å². The average molecular weight is 226 g/mol. The number of carbonyl (C=O) groups is 2. The van der Waals surface area contributed by atoms with E-state index >= 15 is 0 Å². The van der Waals surface area contributed by atoms with Crippen LogP contribution in [-0.2, 0) is 9.53 Å². The summed E-state index contributed by atoms with van der Waals surface area (Å²) in [6.07, 6.45) is 1.51. The molecule has 0 spiro atoms. The SMILES string of the molecule is CCOC(=O)CCN(C)C(=O)c1cn[nH]n1. The van der Waals surface area contributed by atoms with E-state index in [9.17, 15) is 9.59 Å². The largest absolute Gasteiger partial charge is 0.466 e. The number of ether oxygens (including phenoxy) is 1.